The zero-order chi connectivity index (χ0) is 33.8. The Morgan fingerprint density at radius 2 is 0.653 bits per heavy atom. The predicted molar refractivity (Wildman–Crippen MR) is 192 cm³/mol. The lowest BCUT2D eigenvalue weighted by molar-refractivity contribution is 0.162. The van der Waals surface area contributed by atoms with E-state index in [-0.39, 0.29) is 46.1 Å². The van der Waals surface area contributed by atoms with E-state index in [1.807, 2.05) is 152 Å². The maximum Gasteiger partial charge on any atom is 0.415 e. The Labute approximate surface area is 289 Å². The normalized spacial score (nSPS) is 14.7. The monoisotopic (exact) mass is 716 g/mol. The van der Waals surface area contributed by atoms with Crippen molar-refractivity contribution in [3.8, 4) is 0 Å². The van der Waals surface area contributed by atoms with E-state index >= 15 is 9.13 Å². The second-order valence-electron chi connectivity index (χ2n) is 11.2. The SMILES string of the molecule is O=P(OCc1ccccc1)(OCc1ccccc1)N1CCN(P(=O)(OCc2ccccc2)OCc2ccccc2)P1OCc1ccccc1. The molecule has 0 radical (unpaired) electrons. The molecule has 5 aromatic carbocycles. The van der Waals surface area contributed by atoms with Gasteiger partial charge in [0.05, 0.1) is 33.0 Å². The Morgan fingerprint density at radius 1 is 0.408 bits per heavy atom. The van der Waals surface area contributed by atoms with Gasteiger partial charge in [-0.15, -0.1) is 8.88 Å². The minimum Gasteiger partial charge on any atom is -0.326 e. The molecule has 1 aliphatic rings. The molecule has 254 valence electrons. The van der Waals surface area contributed by atoms with Gasteiger partial charge in [-0.1, -0.05) is 152 Å². The van der Waals surface area contributed by atoms with Crippen molar-refractivity contribution in [1.29, 1.82) is 0 Å². The Morgan fingerprint density at radius 3 is 0.918 bits per heavy atom. The van der Waals surface area contributed by atoms with Crippen LogP contribution < -0.4 is 0 Å². The van der Waals surface area contributed by atoms with Gasteiger partial charge in [-0.3, -0.25) is 18.1 Å². The summed E-state index contributed by atoms with van der Waals surface area (Å²) in [4.78, 5) is 0. The number of rotatable bonds is 17. The summed E-state index contributed by atoms with van der Waals surface area (Å²) < 4.78 is 64.7. The van der Waals surface area contributed by atoms with Crippen LogP contribution in [0.3, 0.4) is 0 Å². The summed E-state index contributed by atoms with van der Waals surface area (Å²) in [5.74, 6) is 0. The second-order valence-corrected chi connectivity index (χ2v) is 17.4. The second kappa shape index (κ2) is 17.6. The van der Waals surface area contributed by atoms with Crippen molar-refractivity contribution in [3.63, 3.8) is 0 Å². The third-order valence-electron chi connectivity index (χ3n) is 7.60. The summed E-state index contributed by atoms with van der Waals surface area (Å²) in [5.41, 5.74) is 4.23. The van der Waals surface area contributed by atoms with Crippen molar-refractivity contribution in [2.75, 3.05) is 13.1 Å². The molecule has 0 aromatic heterocycles. The van der Waals surface area contributed by atoms with Gasteiger partial charge >= 0.3 is 15.5 Å². The van der Waals surface area contributed by atoms with Gasteiger partial charge in [0.15, 0.2) is 0 Å². The fraction of sp³-hybridized carbons (Fsp3) is 0.189. The molecule has 12 heteroatoms. The van der Waals surface area contributed by atoms with Crippen molar-refractivity contribution in [2.45, 2.75) is 33.0 Å². The number of nitrogens with zero attached hydrogens (tertiary/aromatic N) is 2. The largest absolute Gasteiger partial charge is 0.415 e. The highest BCUT2D eigenvalue weighted by Gasteiger charge is 2.54. The van der Waals surface area contributed by atoms with Crippen LogP contribution in [0.4, 0.5) is 0 Å². The molecule has 0 amide bonds. The van der Waals surface area contributed by atoms with Gasteiger partial charge in [-0.2, -0.15) is 0 Å². The Bertz CT molecular complexity index is 1600. The molecule has 0 N–H and O–H groups in total. The predicted octanol–water partition coefficient (Wildman–Crippen LogP) is 10.1. The van der Waals surface area contributed by atoms with E-state index in [4.69, 9.17) is 22.6 Å². The van der Waals surface area contributed by atoms with Crippen molar-refractivity contribution in [2.24, 2.45) is 0 Å². The molecule has 5 aromatic rings. The minimum absolute atomic E-state index is 0.0396. The molecule has 1 saturated heterocycles. The van der Waals surface area contributed by atoms with Gasteiger partial charge in [-0.25, -0.2) is 9.13 Å². The maximum absolute atomic E-state index is 15.0. The molecule has 0 atom stereocenters. The summed E-state index contributed by atoms with van der Waals surface area (Å²) in [6.45, 7) is 0.670. The lowest BCUT2D eigenvalue weighted by Gasteiger charge is -2.35. The number of benzene rings is 5. The van der Waals surface area contributed by atoms with Crippen LogP contribution >= 0.6 is 23.9 Å². The highest BCUT2D eigenvalue weighted by molar-refractivity contribution is 7.71. The molecular formula is C37H39N2O7P3. The minimum atomic E-state index is -4.07. The van der Waals surface area contributed by atoms with Crippen LogP contribution in [0.25, 0.3) is 0 Å². The van der Waals surface area contributed by atoms with Crippen LogP contribution in [0.2, 0.25) is 0 Å². The van der Waals surface area contributed by atoms with E-state index in [0.717, 1.165) is 27.8 Å². The molecule has 1 heterocycles. The molecule has 9 nitrogen and oxygen atoms in total. The van der Waals surface area contributed by atoms with Crippen LogP contribution in [-0.4, -0.2) is 22.0 Å². The first-order valence-corrected chi connectivity index (χ1v) is 20.1. The third kappa shape index (κ3) is 9.91. The molecular weight excluding hydrogens is 677 g/mol. The molecule has 0 saturated carbocycles. The van der Waals surface area contributed by atoms with Gasteiger partial charge in [0, 0.05) is 13.1 Å². The lowest BCUT2D eigenvalue weighted by Crippen LogP contribution is -2.19. The van der Waals surface area contributed by atoms with E-state index in [0.29, 0.717) is 0 Å². The van der Waals surface area contributed by atoms with Crippen molar-refractivity contribution < 1.29 is 31.7 Å². The molecule has 6 rings (SSSR count). The average Bonchev–Trinajstić information content (AvgIpc) is 3.62. The molecule has 1 aliphatic heterocycles. The van der Waals surface area contributed by atoms with Crippen LogP contribution in [0.15, 0.2) is 152 Å². The third-order valence-corrected chi connectivity index (χ3v) is 14.7. The molecule has 1 fully saturated rings. The summed E-state index contributed by atoms with van der Waals surface area (Å²) in [6, 6.07) is 47.6. The fourth-order valence-corrected chi connectivity index (χ4v) is 12.1. The highest BCUT2D eigenvalue weighted by Crippen LogP contribution is 2.75. The zero-order valence-electron chi connectivity index (χ0n) is 27.0. The fourth-order valence-electron chi connectivity index (χ4n) is 5.00. The summed E-state index contributed by atoms with van der Waals surface area (Å²) in [6.07, 6.45) is 0. The molecule has 0 aliphatic carbocycles. The quantitative estimate of drug-likeness (QED) is 0.0873. The Balaban J connectivity index is 1.33. The van der Waals surface area contributed by atoms with Gasteiger partial charge < -0.3 is 4.52 Å². The van der Waals surface area contributed by atoms with E-state index in [9.17, 15) is 0 Å². The summed E-state index contributed by atoms with van der Waals surface area (Å²) in [5, 5.41) is 0. The molecule has 0 spiro atoms. The lowest BCUT2D eigenvalue weighted by atomic mass is 10.2. The van der Waals surface area contributed by atoms with Crippen LogP contribution in [0.1, 0.15) is 27.8 Å². The smallest absolute Gasteiger partial charge is 0.326 e. The first-order chi connectivity index (χ1) is 24.0. The van der Waals surface area contributed by atoms with Crippen molar-refractivity contribution in [3.05, 3.63) is 179 Å². The van der Waals surface area contributed by atoms with E-state index in [2.05, 4.69) is 0 Å². The molecule has 49 heavy (non-hydrogen) atoms. The zero-order valence-corrected chi connectivity index (χ0v) is 29.7. The van der Waals surface area contributed by atoms with E-state index < -0.39 is 23.9 Å². The van der Waals surface area contributed by atoms with Gasteiger partial charge in [0.25, 0.3) is 0 Å². The molecule has 0 unspecified atom stereocenters. The molecule has 0 bridgehead atoms. The van der Waals surface area contributed by atoms with Gasteiger partial charge in [-0.05, 0) is 27.8 Å². The average molecular weight is 717 g/mol. The topological polar surface area (TPSA) is 86.8 Å². The van der Waals surface area contributed by atoms with Crippen LogP contribution in [0, 0.1) is 0 Å². The summed E-state index contributed by atoms with van der Waals surface area (Å²) >= 11 is 0. The highest BCUT2D eigenvalue weighted by atomic mass is 31.3. The van der Waals surface area contributed by atoms with Gasteiger partial charge in [0.2, 0.25) is 8.45 Å². The maximum atomic E-state index is 15.0. The first-order valence-electron chi connectivity index (χ1n) is 16.0. The standard InChI is InChI=1S/C37H39N2O7P3/c40-48(43-29-34-18-8-2-9-19-34,44-30-35-20-10-3-11-21-35)38-26-27-39(47(38)42-28-33-16-6-1-7-17-33)49(41,45-31-36-22-12-4-13-23-36)46-32-37-24-14-5-15-25-37/h1-25H,26-32H2. The first kappa shape index (κ1) is 35.5. The number of hydrogen-bond donors (Lipinski definition) is 0. The van der Waals surface area contributed by atoms with Crippen LogP contribution in [0.5, 0.6) is 0 Å². The van der Waals surface area contributed by atoms with E-state index in [1.54, 1.807) is 8.88 Å². The van der Waals surface area contributed by atoms with Crippen molar-refractivity contribution >= 4 is 23.9 Å². The Kier molecular flexibility index (Phi) is 12.7. The Hall–Kier alpha value is -3.29. The van der Waals surface area contributed by atoms with Crippen molar-refractivity contribution in [1.82, 2.24) is 8.88 Å². The summed E-state index contributed by atoms with van der Waals surface area (Å²) in [7, 11) is -10.2. The van der Waals surface area contributed by atoms with Crippen LogP contribution in [-0.2, 0) is 64.8 Å². The van der Waals surface area contributed by atoms with E-state index in [1.165, 1.54) is 0 Å². The number of hydrogen-bond acceptors (Lipinski definition) is 7. The van der Waals surface area contributed by atoms with Gasteiger partial charge in [0.1, 0.15) is 0 Å².